The number of hydrogen-bond acceptors (Lipinski definition) is 9. The van der Waals surface area contributed by atoms with Crippen LogP contribution in [-0.4, -0.2) is 68.7 Å². The van der Waals surface area contributed by atoms with Crippen LogP contribution in [0.3, 0.4) is 0 Å². The lowest BCUT2D eigenvalue weighted by molar-refractivity contribution is -0.200. The predicted octanol–water partition coefficient (Wildman–Crippen LogP) is -0.873. The molecule has 0 aliphatic carbocycles. The highest BCUT2D eigenvalue weighted by Crippen LogP contribution is 2.08. The topological polar surface area (TPSA) is 190 Å². The Kier molecular flexibility index (Phi) is 23.9. The number of aliphatic hydroxyl groups is 2. The van der Waals surface area contributed by atoms with Crippen LogP contribution in [0.5, 0.6) is 0 Å². The van der Waals surface area contributed by atoms with Gasteiger partial charge in [-0.1, -0.05) is 0 Å². The SMILES string of the molecule is N.N.NCCCOC(OCCOCCO)C(O)CCCN. The minimum Gasteiger partial charge on any atom is -0.394 e. The van der Waals surface area contributed by atoms with Gasteiger partial charge in [0.1, 0.15) is 6.10 Å². The van der Waals surface area contributed by atoms with E-state index in [4.69, 9.17) is 30.8 Å². The van der Waals surface area contributed by atoms with Crippen molar-refractivity contribution in [1.29, 1.82) is 0 Å². The molecule has 0 amide bonds. The van der Waals surface area contributed by atoms with Crippen molar-refractivity contribution in [2.75, 3.05) is 46.1 Å². The Morgan fingerprint density at radius 1 is 0.857 bits per heavy atom. The summed E-state index contributed by atoms with van der Waals surface area (Å²) in [6.07, 6.45) is 0.559. The zero-order valence-corrected chi connectivity index (χ0v) is 12.9. The zero-order valence-electron chi connectivity index (χ0n) is 12.9. The summed E-state index contributed by atoms with van der Waals surface area (Å²) < 4.78 is 16.0. The molecule has 0 aliphatic rings. The minimum absolute atomic E-state index is 0. The van der Waals surface area contributed by atoms with Crippen LogP contribution < -0.4 is 23.8 Å². The van der Waals surface area contributed by atoms with Gasteiger partial charge < -0.3 is 48.2 Å². The van der Waals surface area contributed by atoms with E-state index < -0.39 is 12.4 Å². The second-order valence-electron chi connectivity index (χ2n) is 4.09. The van der Waals surface area contributed by atoms with Gasteiger partial charge in [0.05, 0.1) is 33.0 Å². The van der Waals surface area contributed by atoms with E-state index in [-0.39, 0.29) is 25.5 Å². The normalized spacial score (nSPS) is 13.1. The van der Waals surface area contributed by atoms with Crippen molar-refractivity contribution in [2.45, 2.75) is 31.7 Å². The molecule has 0 heterocycles. The Morgan fingerprint density at radius 2 is 1.48 bits per heavy atom. The highest BCUT2D eigenvalue weighted by atomic mass is 16.7. The van der Waals surface area contributed by atoms with Crippen molar-refractivity contribution in [3.8, 4) is 0 Å². The minimum atomic E-state index is -0.709. The maximum Gasteiger partial charge on any atom is 0.183 e. The second-order valence-corrected chi connectivity index (χ2v) is 4.09. The van der Waals surface area contributed by atoms with E-state index in [1.807, 2.05) is 0 Å². The number of ether oxygens (including phenoxy) is 3. The average molecular weight is 314 g/mol. The summed E-state index contributed by atoms with van der Waals surface area (Å²) in [4.78, 5) is 0. The van der Waals surface area contributed by atoms with Crippen LogP contribution in [0.15, 0.2) is 0 Å². The van der Waals surface area contributed by atoms with E-state index in [1.165, 1.54) is 0 Å². The second kappa shape index (κ2) is 19.6. The van der Waals surface area contributed by atoms with E-state index >= 15 is 0 Å². The molecule has 0 aromatic rings. The molecule has 2 atom stereocenters. The molecule has 0 radical (unpaired) electrons. The number of aliphatic hydroxyl groups excluding tert-OH is 2. The van der Waals surface area contributed by atoms with Gasteiger partial charge in [0, 0.05) is 0 Å². The first-order valence-corrected chi connectivity index (χ1v) is 6.76. The molecule has 0 aromatic heterocycles. The number of rotatable bonds is 14. The molecule has 0 saturated carbocycles. The molecule has 0 saturated heterocycles. The van der Waals surface area contributed by atoms with Crippen LogP contribution >= 0.6 is 0 Å². The van der Waals surface area contributed by atoms with Crippen LogP contribution in [0, 0.1) is 0 Å². The molecule has 0 rings (SSSR count). The first-order chi connectivity index (χ1) is 9.26. The molecule has 9 heteroatoms. The van der Waals surface area contributed by atoms with Crippen molar-refractivity contribution < 1.29 is 24.4 Å². The smallest absolute Gasteiger partial charge is 0.183 e. The summed E-state index contributed by atoms with van der Waals surface area (Å²) in [6, 6.07) is 0. The van der Waals surface area contributed by atoms with Crippen molar-refractivity contribution >= 4 is 0 Å². The van der Waals surface area contributed by atoms with E-state index in [2.05, 4.69) is 0 Å². The van der Waals surface area contributed by atoms with Crippen molar-refractivity contribution in [3.63, 3.8) is 0 Å². The maximum atomic E-state index is 9.92. The van der Waals surface area contributed by atoms with Gasteiger partial charge in [-0.05, 0) is 32.4 Å². The summed E-state index contributed by atoms with van der Waals surface area (Å²) in [5.41, 5.74) is 10.8. The van der Waals surface area contributed by atoms with Crippen LogP contribution in [0.2, 0.25) is 0 Å². The van der Waals surface area contributed by atoms with E-state index in [1.54, 1.807) is 0 Å². The predicted molar refractivity (Wildman–Crippen MR) is 81.6 cm³/mol. The Morgan fingerprint density at radius 3 is 2.05 bits per heavy atom. The Balaban J connectivity index is -0.00000162. The lowest BCUT2D eigenvalue weighted by Crippen LogP contribution is -2.34. The van der Waals surface area contributed by atoms with Crippen LogP contribution in [-0.2, 0) is 14.2 Å². The van der Waals surface area contributed by atoms with E-state index in [9.17, 15) is 5.11 Å². The molecule has 0 bridgehead atoms. The Labute approximate surface area is 127 Å². The van der Waals surface area contributed by atoms with Gasteiger partial charge in [0.25, 0.3) is 0 Å². The van der Waals surface area contributed by atoms with Crippen LogP contribution in [0.25, 0.3) is 0 Å². The largest absolute Gasteiger partial charge is 0.394 e. The molecule has 21 heavy (non-hydrogen) atoms. The van der Waals surface area contributed by atoms with Crippen LogP contribution in [0.4, 0.5) is 0 Å². The monoisotopic (exact) mass is 314 g/mol. The molecular weight excluding hydrogens is 280 g/mol. The molecule has 12 N–H and O–H groups in total. The Bertz CT molecular complexity index is 191. The molecule has 0 aromatic carbocycles. The lowest BCUT2D eigenvalue weighted by atomic mass is 10.2. The zero-order chi connectivity index (χ0) is 14.3. The van der Waals surface area contributed by atoms with Gasteiger partial charge in [-0.15, -0.1) is 0 Å². The summed E-state index contributed by atoms with van der Waals surface area (Å²) in [5.74, 6) is 0. The molecule has 0 fully saturated rings. The number of hydrogen-bond donors (Lipinski definition) is 6. The van der Waals surface area contributed by atoms with Gasteiger partial charge in [-0.25, -0.2) is 0 Å². The standard InChI is InChI=1S/C12H28N2O5.2H3N/c13-4-1-3-11(16)12(18-7-2-5-14)19-10-9-17-8-6-15;;/h11-12,15-16H,1-10,13-14H2;2*1H3. The molecular formula is C12H34N4O5. The summed E-state index contributed by atoms with van der Waals surface area (Å²) in [5, 5.41) is 18.5. The third-order valence-corrected chi connectivity index (χ3v) is 2.39. The van der Waals surface area contributed by atoms with Gasteiger partial charge in [0.2, 0.25) is 0 Å². The molecule has 132 valence electrons. The fraction of sp³-hybridized carbons (Fsp3) is 1.00. The van der Waals surface area contributed by atoms with Crippen LogP contribution in [0.1, 0.15) is 19.3 Å². The van der Waals surface area contributed by atoms with Crippen molar-refractivity contribution in [3.05, 3.63) is 0 Å². The third kappa shape index (κ3) is 15.8. The summed E-state index contributed by atoms with van der Waals surface area (Å²) in [6.45, 7) is 2.40. The lowest BCUT2D eigenvalue weighted by Gasteiger charge is -2.23. The third-order valence-electron chi connectivity index (χ3n) is 2.39. The maximum absolute atomic E-state index is 9.92. The molecule has 0 spiro atoms. The average Bonchev–Trinajstić information content (AvgIpc) is 2.42. The fourth-order valence-corrected chi connectivity index (χ4v) is 1.41. The number of nitrogens with two attached hydrogens (primary N) is 2. The molecule has 9 nitrogen and oxygen atoms in total. The highest BCUT2D eigenvalue weighted by molar-refractivity contribution is 4.61. The van der Waals surface area contributed by atoms with Gasteiger partial charge >= 0.3 is 0 Å². The molecule has 0 aliphatic heterocycles. The van der Waals surface area contributed by atoms with E-state index in [0.717, 1.165) is 0 Å². The van der Waals surface area contributed by atoms with Crippen molar-refractivity contribution in [1.82, 2.24) is 12.3 Å². The van der Waals surface area contributed by atoms with E-state index in [0.29, 0.717) is 52.2 Å². The summed E-state index contributed by atoms with van der Waals surface area (Å²) >= 11 is 0. The van der Waals surface area contributed by atoms with Gasteiger partial charge in [0.15, 0.2) is 6.29 Å². The molecule has 2 unspecified atom stereocenters. The van der Waals surface area contributed by atoms with Crippen molar-refractivity contribution in [2.24, 2.45) is 11.5 Å². The fourth-order valence-electron chi connectivity index (χ4n) is 1.41. The first kappa shape index (κ1) is 25.6. The highest BCUT2D eigenvalue weighted by Gasteiger charge is 2.19. The van der Waals surface area contributed by atoms with Gasteiger partial charge in [-0.3, -0.25) is 0 Å². The first-order valence-electron chi connectivity index (χ1n) is 6.76. The van der Waals surface area contributed by atoms with Gasteiger partial charge in [-0.2, -0.15) is 0 Å². The quantitative estimate of drug-likeness (QED) is 0.175. The summed E-state index contributed by atoms with van der Waals surface area (Å²) in [7, 11) is 0. The Hall–Kier alpha value is -0.360.